The van der Waals surface area contributed by atoms with Crippen LogP contribution in [0.15, 0.2) is 59.5 Å². The molecule has 1 aliphatic rings. The summed E-state index contributed by atoms with van der Waals surface area (Å²) >= 11 is 0. The average molecular weight is 445 g/mol. The fraction of sp³-hybridized carbons (Fsp3) is 0.391. The average Bonchev–Trinajstić information content (AvgIpc) is 2.79. The van der Waals surface area contributed by atoms with E-state index in [1.807, 2.05) is 18.2 Å². The molecule has 7 nitrogen and oxygen atoms in total. The van der Waals surface area contributed by atoms with Crippen LogP contribution in [0.5, 0.6) is 0 Å². The Hall–Kier alpha value is -2.71. The van der Waals surface area contributed by atoms with Crippen LogP contribution in [0, 0.1) is 0 Å². The van der Waals surface area contributed by atoms with Gasteiger partial charge < -0.3 is 9.64 Å². The molecule has 0 bridgehead atoms. The summed E-state index contributed by atoms with van der Waals surface area (Å²) in [6, 6.07) is 16.1. The maximum absolute atomic E-state index is 12.8. The molecule has 1 saturated heterocycles. The Morgan fingerprint density at radius 2 is 1.58 bits per heavy atom. The van der Waals surface area contributed by atoms with Crippen LogP contribution in [0.25, 0.3) is 0 Å². The summed E-state index contributed by atoms with van der Waals surface area (Å²) < 4.78 is 29.9. The maximum Gasteiger partial charge on any atom is 0.340 e. The minimum absolute atomic E-state index is 0.0447. The molecule has 2 aromatic rings. The molecule has 2 aromatic carbocycles. The number of hydrogen-bond acceptors (Lipinski definition) is 6. The van der Waals surface area contributed by atoms with Gasteiger partial charge >= 0.3 is 5.97 Å². The van der Waals surface area contributed by atoms with Gasteiger partial charge in [0.05, 0.1) is 16.2 Å². The van der Waals surface area contributed by atoms with Gasteiger partial charge in [-0.2, -0.15) is 0 Å². The predicted molar refractivity (Wildman–Crippen MR) is 117 cm³/mol. The SMILES string of the molecule is CCS(=O)(=O)c1ccccc1C(=O)OC(C)C(=O)N1CCN(Cc2ccccc2)CC1. The quantitative estimate of drug-likeness (QED) is 0.610. The molecule has 31 heavy (non-hydrogen) atoms. The second-order valence-electron chi connectivity index (χ2n) is 7.53. The Morgan fingerprint density at radius 1 is 0.968 bits per heavy atom. The highest BCUT2D eigenvalue weighted by Crippen LogP contribution is 2.19. The highest BCUT2D eigenvalue weighted by Gasteiger charge is 2.29. The van der Waals surface area contributed by atoms with Crippen molar-refractivity contribution in [2.75, 3.05) is 31.9 Å². The monoisotopic (exact) mass is 444 g/mol. The number of hydrogen-bond donors (Lipinski definition) is 0. The first-order valence-corrected chi connectivity index (χ1v) is 12.0. The van der Waals surface area contributed by atoms with Crippen molar-refractivity contribution < 1.29 is 22.7 Å². The fourth-order valence-electron chi connectivity index (χ4n) is 3.56. The van der Waals surface area contributed by atoms with E-state index in [4.69, 9.17) is 4.74 Å². The lowest BCUT2D eigenvalue weighted by molar-refractivity contribution is -0.141. The predicted octanol–water partition coefficient (Wildman–Crippen LogP) is 2.37. The van der Waals surface area contributed by atoms with Crippen molar-refractivity contribution in [1.29, 1.82) is 0 Å². The Morgan fingerprint density at radius 3 is 2.23 bits per heavy atom. The third kappa shape index (κ3) is 5.71. The van der Waals surface area contributed by atoms with Crippen molar-refractivity contribution in [2.24, 2.45) is 0 Å². The van der Waals surface area contributed by atoms with Crippen LogP contribution in [-0.4, -0.2) is 68.1 Å². The van der Waals surface area contributed by atoms with Crippen molar-refractivity contribution in [3.05, 3.63) is 65.7 Å². The molecular formula is C23H28N2O5S. The molecule has 1 unspecified atom stereocenters. The van der Waals surface area contributed by atoms with Crippen LogP contribution < -0.4 is 0 Å². The van der Waals surface area contributed by atoms with E-state index in [1.165, 1.54) is 31.5 Å². The standard InChI is InChI=1S/C23H28N2O5S/c1-3-31(28,29)21-12-8-7-11-20(21)23(27)30-18(2)22(26)25-15-13-24(14-16-25)17-19-9-5-4-6-10-19/h4-12,18H,3,13-17H2,1-2H3. The van der Waals surface area contributed by atoms with E-state index in [0.717, 1.165) is 19.6 Å². The molecule has 0 N–H and O–H groups in total. The van der Waals surface area contributed by atoms with Crippen molar-refractivity contribution in [1.82, 2.24) is 9.80 Å². The van der Waals surface area contributed by atoms with Crippen LogP contribution in [-0.2, 0) is 25.9 Å². The van der Waals surface area contributed by atoms with Gasteiger partial charge in [0.2, 0.25) is 0 Å². The Balaban J connectivity index is 1.57. The second kappa shape index (κ2) is 10.1. The first kappa shape index (κ1) is 23.0. The minimum Gasteiger partial charge on any atom is -0.449 e. The van der Waals surface area contributed by atoms with Gasteiger partial charge in [-0.3, -0.25) is 9.69 Å². The first-order chi connectivity index (χ1) is 14.8. The van der Waals surface area contributed by atoms with Gasteiger partial charge in [0.25, 0.3) is 5.91 Å². The van der Waals surface area contributed by atoms with Crippen molar-refractivity contribution in [3.8, 4) is 0 Å². The van der Waals surface area contributed by atoms with Crippen LogP contribution in [0.1, 0.15) is 29.8 Å². The van der Waals surface area contributed by atoms with Crippen LogP contribution in [0.3, 0.4) is 0 Å². The fourth-order valence-corrected chi connectivity index (χ4v) is 4.64. The van der Waals surface area contributed by atoms with Crippen molar-refractivity contribution in [3.63, 3.8) is 0 Å². The van der Waals surface area contributed by atoms with E-state index >= 15 is 0 Å². The zero-order valence-corrected chi connectivity index (χ0v) is 18.7. The summed E-state index contributed by atoms with van der Waals surface area (Å²) in [7, 11) is -3.58. The van der Waals surface area contributed by atoms with Gasteiger partial charge in [-0.15, -0.1) is 0 Å². The van der Waals surface area contributed by atoms with Crippen LogP contribution in [0.4, 0.5) is 0 Å². The Kier molecular flexibility index (Phi) is 7.46. The van der Waals surface area contributed by atoms with Crippen molar-refractivity contribution in [2.45, 2.75) is 31.4 Å². The van der Waals surface area contributed by atoms with Gasteiger partial charge in [0.1, 0.15) is 0 Å². The van der Waals surface area contributed by atoms with Crippen LogP contribution in [0.2, 0.25) is 0 Å². The number of sulfone groups is 1. The summed E-state index contributed by atoms with van der Waals surface area (Å²) in [5.41, 5.74) is 1.18. The highest BCUT2D eigenvalue weighted by atomic mass is 32.2. The molecule has 8 heteroatoms. The largest absolute Gasteiger partial charge is 0.449 e. The molecule has 1 atom stereocenters. The summed E-state index contributed by atoms with van der Waals surface area (Å²) in [6.45, 7) is 6.44. The topological polar surface area (TPSA) is 84.0 Å². The smallest absolute Gasteiger partial charge is 0.340 e. The molecule has 0 aromatic heterocycles. The third-order valence-electron chi connectivity index (χ3n) is 5.39. The summed E-state index contributed by atoms with van der Waals surface area (Å²) in [6.07, 6.45) is -0.995. The van der Waals surface area contributed by atoms with Crippen LogP contribution >= 0.6 is 0 Å². The van der Waals surface area contributed by atoms with Gasteiger partial charge in [0.15, 0.2) is 15.9 Å². The third-order valence-corrected chi connectivity index (χ3v) is 7.17. The molecule has 1 amide bonds. The number of rotatable bonds is 7. The van der Waals surface area contributed by atoms with E-state index in [2.05, 4.69) is 17.0 Å². The number of carbonyl (C=O) groups is 2. The molecule has 1 heterocycles. The zero-order valence-electron chi connectivity index (χ0n) is 17.9. The minimum atomic E-state index is -3.58. The molecule has 0 aliphatic carbocycles. The van der Waals surface area contributed by atoms with Gasteiger partial charge in [-0.05, 0) is 24.6 Å². The molecule has 166 valence electrons. The normalized spacial score (nSPS) is 16.0. The number of ether oxygens (including phenoxy) is 1. The molecule has 3 rings (SSSR count). The molecule has 0 radical (unpaired) electrons. The van der Waals surface area contributed by atoms with E-state index in [-0.39, 0.29) is 22.1 Å². The molecule has 0 saturated carbocycles. The summed E-state index contributed by atoms with van der Waals surface area (Å²) in [5, 5.41) is 0. The second-order valence-corrected chi connectivity index (χ2v) is 9.78. The first-order valence-electron chi connectivity index (χ1n) is 10.4. The van der Waals surface area contributed by atoms with Crippen molar-refractivity contribution >= 4 is 21.7 Å². The van der Waals surface area contributed by atoms with E-state index in [1.54, 1.807) is 17.0 Å². The molecule has 1 fully saturated rings. The lowest BCUT2D eigenvalue weighted by Crippen LogP contribution is -2.51. The summed E-state index contributed by atoms with van der Waals surface area (Å²) in [4.78, 5) is 29.3. The molecular weight excluding hydrogens is 416 g/mol. The molecule has 1 aliphatic heterocycles. The van der Waals surface area contributed by atoms with Gasteiger partial charge in [-0.1, -0.05) is 49.4 Å². The van der Waals surface area contributed by atoms with Gasteiger partial charge in [-0.25, -0.2) is 13.2 Å². The van der Waals surface area contributed by atoms with E-state index in [9.17, 15) is 18.0 Å². The highest BCUT2D eigenvalue weighted by molar-refractivity contribution is 7.91. The lowest BCUT2D eigenvalue weighted by atomic mass is 10.2. The molecule has 0 spiro atoms. The Bertz CT molecular complexity index is 1020. The van der Waals surface area contributed by atoms with E-state index < -0.39 is 21.9 Å². The lowest BCUT2D eigenvalue weighted by Gasteiger charge is -2.35. The maximum atomic E-state index is 12.8. The number of amides is 1. The number of nitrogens with zero attached hydrogens (tertiary/aromatic N) is 2. The van der Waals surface area contributed by atoms with E-state index in [0.29, 0.717) is 13.1 Å². The number of benzene rings is 2. The zero-order chi connectivity index (χ0) is 22.4. The number of piperazine rings is 1. The van der Waals surface area contributed by atoms with Gasteiger partial charge in [0, 0.05) is 32.7 Å². The number of carbonyl (C=O) groups excluding carboxylic acids is 2. The number of esters is 1. The Labute approximate surface area is 183 Å². The summed E-state index contributed by atoms with van der Waals surface area (Å²) in [5.74, 6) is -1.21.